The minimum absolute atomic E-state index is 0.176. The first kappa shape index (κ1) is 16.6. The third-order valence-corrected chi connectivity index (χ3v) is 5.64. The van der Waals surface area contributed by atoms with Crippen molar-refractivity contribution < 1.29 is 4.79 Å². The fourth-order valence-electron chi connectivity index (χ4n) is 3.35. The molecule has 0 saturated carbocycles. The minimum atomic E-state index is 0.176. The lowest BCUT2D eigenvalue weighted by Gasteiger charge is -2.41. The van der Waals surface area contributed by atoms with Crippen LogP contribution in [0.25, 0.3) is 0 Å². The zero-order valence-electron chi connectivity index (χ0n) is 13.7. The monoisotopic (exact) mass is 354 g/mol. The normalized spacial score (nSPS) is 18.3. The third-order valence-electron chi connectivity index (χ3n) is 5.20. The summed E-state index contributed by atoms with van der Waals surface area (Å²) in [6, 6.07) is 2.24. The number of rotatable bonds is 4. The van der Waals surface area contributed by atoms with E-state index in [4.69, 9.17) is 0 Å². The zero-order chi connectivity index (χ0) is 15.6. The van der Waals surface area contributed by atoms with E-state index in [-0.39, 0.29) is 5.91 Å². The van der Waals surface area contributed by atoms with E-state index >= 15 is 0 Å². The number of hydrogen-bond donors (Lipinski definition) is 0. The van der Waals surface area contributed by atoms with Gasteiger partial charge in [0.1, 0.15) is 5.69 Å². The van der Waals surface area contributed by atoms with Gasteiger partial charge in [-0.2, -0.15) is 0 Å². The number of nitrogens with zero attached hydrogens (tertiary/aromatic N) is 2. The molecule has 21 heavy (non-hydrogen) atoms. The predicted octanol–water partition coefficient (Wildman–Crippen LogP) is 4.87. The van der Waals surface area contributed by atoms with Crippen LogP contribution in [0.4, 0.5) is 0 Å². The van der Waals surface area contributed by atoms with E-state index in [9.17, 15) is 4.79 Å². The van der Waals surface area contributed by atoms with Crippen molar-refractivity contribution >= 4 is 21.8 Å². The van der Waals surface area contributed by atoms with Gasteiger partial charge in [-0.15, -0.1) is 0 Å². The van der Waals surface area contributed by atoms with Crippen LogP contribution in [0.15, 0.2) is 16.7 Å². The first-order chi connectivity index (χ1) is 9.92. The van der Waals surface area contributed by atoms with E-state index in [1.165, 1.54) is 12.8 Å². The molecule has 1 amide bonds. The van der Waals surface area contributed by atoms with Crippen molar-refractivity contribution in [3.8, 4) is 0 Å². The number of aromatic nitrogens is 1. The molecule has 1 aromatic rings. The highest BCUT2D eigenvalue weighted by Crippen LogP contribution is 2.38. The molecule has 0 atom stereocenters. The molecule has 0 N–H and O–H groups in total. The Balaban J connectivity index is 2.12. The molecule has 0 aromatic carbocycles. The lowest BCUT2D eigenvalue weighted by molar-refractivity contribution is 0.0546. The standard InChI is InChI=1S/C17H27BrN2O/c1-5-17(6-2)7-9-19(10-8-17)16(21)15-11-14(18)12-20(15)13(3)4/h11-13H,5-10H2,1-4H3. The number of piperidine rings is 1. The lowest BCUT2D eigenvalue weighted by atomic mass is 9.74. The first-order valence-corrected chi connectivity index (χ1v) is 8.88. The highest BCUT2D eigenvalue weighted by Gasteiger charge is 2.33. The van der Waals surface area contributed by atoms with E-state index in [1.54, 1.807) is 0 Å². The van der Waals surface area contributed by atoms with Crippen LogP contribution in [0.3, 0.4) is 0 Å². The quantitative estimate of drug-likeness (QED) is 0.756. The molecule has 118 valence electrons. The first-order valence-electron chi connectivity index (χ1n) is 8.09. The van der Waals surface area contributed by atoms with E-state index in [1.807, 2.05) is 17.2 Å². The van der Waals surface area contributed by atoms with Crippen LogP contribution in [0.1, 0.15) is 69.9 Å². The molecule has 0 aliphatic carbocycles. The second kappa shape index (κ2) is 6.55. The van der Waals surface area contributed by atoms with Crippen molar-refractivity contribution in [3.63, 3.8) is 0 Å². The van der Waals surface area contributed by atoms with Crippen LogP contribution in [-0.2, 0) is 0 Å². The molecule has 3 nitrogen and oxygen atoms in total. The summed E-state index contributed by atoms with van der Waals surface area (Å²) in [4.78, 5) is 14.8. The lowest BCUT2D eigenvalue weighted by Crippen LogP contribution is -2.43. The summed E-state index contributed by atoms with van der Waals surface area (Å²) in [5.74, 6) is 0.176. The fraction of sp³-hybridized carbons (Fsp3) is 0.706. The van der Waals surface area contributed by atoms with Crippen molar-refractivity contribution in [2.45, 2.75) is 59.4 Å². The summed E-state index contributed by atoms with van der Waals surface area (Å²) in [6.07, 6.45) is 6.72. The number of hydrogen-bond acceptors (Lipinski definition) is 1. The molecule has 1 fully saturated rings. The SMILES string of the molecule is CCC1(CC)CCN(C(=O)c2cc(Br)cn2C(C)C)CC1. The van der Waals surface area contributed by atoms with Gasteiger partial charge in [-0.25, -0.2) is 0 Å². The van der Waals surface area contributed by atoms with Gasteiger partial charge in [0.15, 0.2) is 0 Å². The second-order valence-corrected chi connectivity index (χ2v) is 7.46. The van der Waals surface area contributed by atoms with Gasteiger partial charge in [-0.05, 0) is 54.1 Å². The summed E-state index contributed by atoms with van der Waals surface area (Å²) in [7, 11) is 0. The van der Waals surface area contributed by atoms with E-state index in [0.29, 0.717) is 11.5 Å². The van der Waals surface area contributed by atoms with Gasteiger partial charge in [-0.3, -0.25) is 4.79 Å². The zero-order valence-corrected chi connectivity index (χ0v) is 15.2. The Hall–Kier alpha value is -0.770. The van der Waals surface area contributed by atoms with Crippen LogP contribution in [0.2, 0.25) is 0 Å². The van der Waals surface area contributed by atoms with Crippen LogP contribution in [0.5, 0.6) is 0 Å². The maximum absolute atomic E-state index is 12.8. The highest BCUT2D eigenvalue weighted by molar-refractivity contribution is 9.10. The van der Waals surface area contributed by atoms with E-state index in [2.05, 4.69) is 48.2 Å². The topological polar surface area (TPSA) is 25.2 Å². The van der Waals surface area contributed by atoms with E-state index in [0.717, 1.165) is 36.1 Å². The molecule has 2 heterocycles. The molecular formula is C17H27BrN2O. The van der Waals surface area contributed by atoms with E-state index < -0.39 is 0 Å². The summed E-state index contributed by atoms with van der Waals surface area (Å²) < 4.78 is 3.04. The molecule has 0 bridgehead atoms. The van der Waals surface area contributed by atoms with Crippen molar-refractivity contribution in [2.24, 2.45) is 5.41 Å². The highest BCUT2D eigenvalue weighted by atomic mass is 79.9. The Morgan fingerprint density at radius 2 is 1.86 bits per heavy atom. The van der Waals surface area contributed by atoms with Crippen molar-refractivity contribution in [1.29, 1.82) is 0 Å². The maximum Gasteiger partial charge on any atom is 0.270 e. The van der Waals surface area contributed by atoms with Crippen LogP contribution in [0, 0.1) is 5.41 Å². The van der Waals surface area contributed by atoms with Gasteiger partial charge >= 0.3 is 0 Å². The molecule has 1 aliphatic rings. The minimum Gasteiger partial charge on any atom is -0.340 e. The van der Waals surface area contributed by atoms with Gasteiger partial charge in [0.25, 0.3) is 5.91 Å². The molecule has 0 unspecified atom stereocenters. The summed E-state index contributed by atoms with van der Waals surface area (Å²) >= 11 is 3.49. The number of carbonyl (C=O) groups excluding carboxylic acids is 1. The average Bonchev–Trinajstić information content (AvgIpc) is 2.89. The molecule has 2 rings (SSSR count). The van der Waals surface area contributed by atoms with Gasteiger partial charge in [0.05, 0.1) is 0 Å². The number of halogens is 1. The molecule has 1 saturated heterocycles. The third kappa shape index (κ3) is 3.36. The average molecular weight is 355 g/mol. The number of amides is 1. The Morgan fingerprint density at radius 1 is 1.29 bits per heavy atom. The molecule has 1 aliphatic heterocycles. The number of carbonyl (C=O) groups is 1. The predicted molar refractivity (Wildman–Crippen MR) is 90.7 cm³/mol. The number of likely N-dealkylation sites (tertiary alicyclic amines) is 1. The molecule has 0 spiro atoms. The Kier molecular flexibility index (Phi) is 5.18. The van der Waals surface area contributed by atoms with Crippen molar-refractivity contribution in [3.05, 3.63) is 22.4 Å². The Bertz CT molecular complexity index is 493. The van der Waals surface area contributed by atoms with Gasteiger partial charge in [0.2, 0.25) is 0 Å². The summed E-state index contributed by atoms with van der Waals surface area (Å²) in [5.41, 5.74) is 1.26. The van der Waals surface area contributed by atoms with Crippen molar-refractivity contribution in [2.75, 3.05) is 13.1 Å². The van der Waals surface area contributed by atoms with Gasteiger partial charge in [0, 0.05) is 29.8 Å². The Morgan fingerprint density at radius 3 is 2.33 bits per heavy atom. The summed E-state index contributed by atoms with van der Waals surface area (Å²) in [5, 5.41) is 0. The van der Waals surface area contributed by atoms with Crippen molar-refractivity contribution in [1.82, 2.24) is 9.47 Å². The maximum atomic E-state index is 12.8. The molecular weight excluding hydrogens is 328 g/mol. The Labute approximate surface area is 136 Å². The smallest absolute Gasteiger partial charge is 0.270 e. The fourth-order valence-corrected chi connectivity index (χ4v) is 3.78. The molecule has 4 heteroatoms. The molecule has 1 aromatic heterocycles. The largest absolute Gasteiger partial charge is 0.340 e. The van der Waals surface area contributed by atoms with Crippen LogP contribution < -0.4 is 0 Å². The van der Waals surface area contributed by atoms with Gasteiger partial charge in [-0.1, -0.05) is 26.7 Å². The summed E-state index contributed by atoms with van der Waals surface area (Å²) in [6.45, 7) is 10.6. The van der Waals surface area contributed by atoms with Crippen LogP contribution >= 0.6 is 15.9 Å². The molecule has 0 radical (unpaired) electrons. The second-order valence-electron chi connectivity index (χ2n) is 6.54. The van der Waals surface area contributed by atoms with Gasteiger partial charge < -0.3 is 9.47 Å². The van der Waals surface area contributed by atoms with Crippen LogP contribution in [-0.4, -0.2) is 28.5 Å².